The van der Waals surface area contributed by atoms with Crippen molar-refractivity contribution in [3.05, 3.63) is 57.6 Å². The maximum absolute atomic E-state index is 12.5. The number of carbonyl (C=O) groups excluding carboxylic acids is 1. The van der Waals surface area contributed by atoms with Gasteiger partial charge in [0.1, 0.15) is 0 Å². The number of ether oxygens (including phenoxy) is 2. The number of hydrogen-bond acceptors (Lipinski definition) is 6. The fourth-order valence-corrected chi connectivity index (χ4v) is 2.72. The van der Waals surface area contributed by atoms with E-state index in [0.29, 0.717) is 30.2 Å². The zero-order valence-electron chi connectivity index (χ0n) is 14.5. The van der Waals surface area contributed by atoms with Crippen LogP contribution in [0.3, 0.4) is 0 Å². The van der Waals surface area contributed by atoms with E-state index in [4.69, 9.17) is 9.47 Å². The number of anilines is 1. The summed E-state index contributed by atoms with van der Waals surface area (Å²) < 4.78 is 10.6. The molecule has 1 heterocycles. The molecule has 1 N–H and O–H groups in total. The van der Waals surface area contributed by atoms with Crippen molar-refractivity contribution in [3.63, 3.8) is 0 Å². The second-order valence-corrected chi connectivity index (χ2v) is 6.05. The average Bonchev–Trinajstić information content (AvgIpc) is 3.08. The van der Waals surface area contributed by atoms with E-state index in [0.717, 1.165) is 5.56 Å². The van der Waals surface area contributed by atoms with Crippen molar-refractivity contribution >= 4 is 17.3 Å². The van der Waals surface area contributed by atoms with Crippen LogP contribution in [0.4, 0.5) is 11.4 Å². The summed E-state index contributed by atoms with van der Waals surface area (Å²) in [5.74, 6) is 1.06. The lowest BCUT2D eigenvalue weighted by atomic mass is 10.1. The van der Waals surface area contributed by atoms with Gasteiger partial charge in [-0.15, -0.1) is 0 Å². The minimum Gasteiger partial charge on any atom is -0.454 e. The van der Waals surface area contributed by atoms with Crippen LogP contribution in [0, 0.1) is 10.1 Å². The lowest BCUT2D eigenvalue weighted by Crippen LogP contribution is -2.27. The first-order valence-corrected chi connectivity index (χ1v) is 8.08. The molecule has 0 fully saturated rings. The standard InChI is InChI=1S/C18H19N3O5/c1-20(2)15-5-4-13(21(23)24)10-14(15)18(22)19-8-7-12-3-6-16-17(9-12)26-11-25-16/h3-6,9-10H,7-8,11H2,1-2H3,(H,19,22). The fraction of sp³-hybridized carbons (Fsp3) is 0.278. The quantitative estimate of drug-likeness (QED) is 0.630. The number of carbonyl (C=O) groups is 1. The fourth-order valence-electron chi connectivity index (χ4n) is 2.72. The lowest BCUT2D eigenvalue weighted by molar-refractivity contribution is -0.384. The van der Waals surface area contributed by atoms with E-state index in [9.17, 15) is 14.9 Å². The van der Waals surface area contributed by atoms with Crippen LogP contribution in [0.2, 0.25) is 0 Å². The van der Waals surface area contributed by atoms with Gasteiger partial charge in [-0.3, -0.25) is 14.9 Å². The van der Waals surface area contributed by atoms with Crippen molar-refractivity contribution in [3.8, 4) is 11.5 Å². The molecule has 136 valence electrons. The van der Waals surface area contributed by atoms with Crippen LogP contribution in [0.1, 0.15) is 15.9 Å². The number of benzene rings is 2. The van der Waals surface area contributed by atoms with Gasteiger partial charge in [0.2, 0.25) is 6.79 Å². The molecule has 1 aliphatic heterocycles. The van der Waals surface area contributed by atoms with E-state index < -0.39 is 4.92 Å². The van der Waals surface area contributed by atoms with Gasteiger partial charge in [0, 0.05) is 38.5 Å². The molecule has 0 saturated carbocycles. The molecule has 1 amide bonds. The summed E-state index contributed by atoms with van der Waals surface area (Å²) in [5.41, 5.74) is 1.78. The molecule has 0 spiro atoms. The highest BCUT2D eigenvalue weighted by molar-refractivity contribution is 6.00. The van der Waals surface area contributed by atoms with E-state index in [2.05, 4.69) is 5.32 Å². The summed E-state index contributed by atoms with van der Waals surface area (Å²) in [7, 11) is 3.56. The Hall–Kier alpha value is -3.29. The summed E-state index contributed by atoms with van der Waals surface area (Å²) in [6.45, 7) is 0.615. The maximum atomic E-state index is 12.5. The molecule has 1 aliphatic rings. The van der Waals surface area contributed by atoms with Crippen molar-refractivity contribution in [1.29, 1.82) is 0 Å². The SMILES string of the molecule is CN(C)c1ccc([N+](=O)[O-])cc1C(=O)NCCc1ccc2c(c1)OCO2. The number of fused-ring (bicyclic) bond motifs is 1. The maximum Gasteiger partial charge on any atom is 0.270 e. The Labute approximate surface area is 150 Å². The van der Waals surface area contributed by atoms with E-state index in [1.807, 2.05) is 18.2 Å². The topological polar surface area (TPSA) is 93.9 Å². The van der Waals surface area contributed by atoms with E-state index in [1.54, 1.807) is 25.1 Å². The molecule has 0 atom stereocenters. The molecule has 0 bridgehead atoms. The molecular weight excluding hydrogens is 338 g/mol. The summed E-state index contributed by atoms with van der Waals surface area (Å²) >= 11 is 0. The minimum absolute atomic E-state index is 0.114. The Morgan fingerprint density at radius 3 is 2.69 bits per heavy atom. The predicted molar refractivity (Wildman–Crippen MR) is 96.0 cm³/mol. The van der Waals surface area contributed by atoms with Crippen LogP contribution in [0.5, 0.6) is 11.5 Å². The van der Waals surface area contributed by atoms with Gasteiger partial charge in [-0.05, 0) is 30.2 Å². The Morgan fingerprint density at radius 2 is 1.96 bits per heavy atom. The first-order valence-electron chi connectivity index (χ1n) is 8.08. The molecule has 0 radical (unpaired) electrons. The van der Waals surface area contributed by atoms with Gasteiger partial charge in [0.05, 0.1) is 10.5 Å². The van der Waals surface area contributed by atoms with Gasteiger partial charge < -0.3 is 19.7 Å². The van der Waals surface area contributed by atoms with Crippen LogP contribution in [-0.2, 0) is 6.42 Å². The molecule has 8 nitrogen and oxygen atoms in total. The number of nitrogens with zero attached hydrogens (tertiary/aromatic N) is 2. The normalized spacial score (nSPS) is 11.9. The number of hydrogen-bond donors (Lipinski definition) is 1. The predicted octanol–water partition coefficient (Wildman–Crippen LogP) is 2.36. The third kappa shape index (κ3) is 3.69. The molecule has 0 unspecified atom stereocenters. The Morgan fingerprint density at radius 1 is 1.19 bits per heavy atom. The van der Waals surface area contributed by atoms with Crippen molar-refractivity contribution in [2.24, 2.45) is 0 Å². The van der Waals surface area contributed by atoms with Crippen molar-refractivity contribution < 1.29 is 19.2 Å². The monoisotopic (exact) mass is 357 g/mol. The Bertz CT molecular complexity index is 851. The number of rotatable bonds is 6. The molecule has 2 aromatic carbocycles. The Kier molecular flexibility index (Phi) is 4.92. The van der Waals surface area contributed by atoms with Gasteiger partial charge in [0.15, 0.2) is 11.5 Å². The number of nitrogens with one attached hydrogen (secondary N) is 1. The Balaban J connectivity index is 1.68. The number of nitro groups is 1. The minimum atomic E-state index is -0.511. The second kappa shape index (κ2) is 7.30. The van der Waals surface area contributed by atoms with Crippen LogP contribution < -0.4 is 19.7 Å². The van der Waals surface area contributed by atoms with Crippen LogP contribution in [0.15, 0.2) is 36.4 Å². The summed E-state index contributed by atoms with van der Waals surface area (Å²) in [6, 6.07) is 9.89. The molecule has 0 aliphatic carbocycles. The second-order valence-electron chi connectivity index (χ2n) is 6.05. The molecule has 8 heteroatoms. The molecule has 0 saturated heterocycles. The number of non-ortho nitro benzene ring substituents is 1. The summed E-state index contributed by atoms with van der Waals surface area (Å²) in [5, 5.41) is 13.8. The molecular formula is C18H19N3O5. The van der Waals surface area contributed by atoms with Crippen LogP contribution in [0.25, 0.3) is 0 Å². The first-order chi connectivity index (χ1) is 12.5. The summed E-state index contributed by atoms with van der Waals surface area (Å²) in [4.78, 5) is 24.7. The van der Waals surface area contributed by atoms with E-state index in [1.165, 1.54) is 12.1 Å². The van der Waals surface area contributed by atoms with Crippen LogP contribution >= 0.6 is 0 Å². The molecule has 2 aromatic rings. The third-order valence-electron chi connectivity index (χ3n) is 4.05. The summed E-state index contributed by atoms with van der Waals surface area (Å²) in [6.07, 6.45) is 0.606. The first kappa shape index (κ1) is 17.5. The van der Waals surface area contributed by atoms with E-state index in [-0.39, 0.29) is 24.0 Å². The van der Waals surface area contributed by atoms with Crippen LogP contribution in [-0.4, -0.2) is 38.3 Å². The largest absolute Gasteiger partial charge is 0.454 e. The third-order valence-corrected chi connectivity index (χ3v) is 4.05. The van der Waals surface area contributed by atoms with Gasteiger partial charge in [-0.1, -0.05) is 6.07 Å². The molecule has 26 heavy (non-hydrogen) atoms. The van der Waals surface area contributed by atoms with Gasteiger partial charge in [0.25, 0.3) is 11.6 Å². The molecule has 0 aromatic heterocycles. The molecule has 3 rings (SSSR count). The van der Waals surface area contributed by atoms with Crippen molar-refractivity contribution in [2.45, 2.75) is 6.42 Å². The van der Waals surface area contributed by atoms with Gasteiger partial charge >= 0.3 is 0 Å². The highest BCUT2D eigenvalue weighted by Gasteiger charge is 2.18. The average molecular weight is 357 g/mol. The number of nitro benzene ring substituents is 1. The smallest absolute Gasteiger partial charge is 0.270 e. The van der Waals surface area contributed by atoms with E-state index >= 15 is 0 Å². The van der Waals surface area contributed by atoms with Gasteiger partial charge in [-0.25, -0.2) is 0 Å². The highest BCUT2D eigenvalue weighted by Crippen LogP contribution is 2.32. The lowest BCUT2D eigenvalue weighted by Gasteiger charge is -2.17. The van der Waals surface area contributed by atoms with Crippen molar-refractivity contribution in [2.75, 3.05) is 32.3 Å². The zero-order chi connectivity index (χ0) is 18.7. The zero-order valence-corrected chi connectivity index (χ0v) is 14.5. The highest BCUT2D eigenvalue weighted by atomic mass is 16.7. The van der Waals surface area contributed by atoms with Gasteiger partial charge in [-0.2, -0.15) is 0 Å². The number of amides is 1. The van der Waals surface area contributed by atoms with Crippen molar-refractivity contribution in [1.82, 2.24) is 5.32 Å².